The van der Waals surface area contributed by atoms with E-state index >= 15 is 0 Å². The van der Waals surface area contributed by atoms with Crippen molar-refractivity contribution in [2.45, 2.75) is 6.04 Å². The van der Waals surface area contributed by atoms with Crippen LogP contribution < -0.4 is 10.5 Å². The lowest BCUT2D eigenvalue weighted by Crippen LogP contribution is -2.12. The Morgan fingerprint density at radius 1 is 1.15 bits per heavy atom. The lowest BCUT2D eigenvalue weighted by molar-refractivity contribution is 0.404. The zero-order valence-corrected chi connectivity index (χ0v) is 12.6. The van der Waals surface area contributed by atoms with Gasteiger partial charge in [0.2, 0.25) is 0 Å². The number of halogens is 1. The van der Waals surface area contributed by atoms with Crippen molar-refractivity contribution in [2.24, 2.45) is 5.73 Å². The van der Waals surface area contributed by atoms with Gasteiger partial charge >= 0.3 is 0 Å². The molecular formula is C16H14BrNO2. The van der Waals surface area contributed by atoms with Gasteiger partial charge in [-0.1, -0.05) is 30.3 Å². The van der Waals surface area contributed by atoms with E-state index in [0.717, 1.165) is 32.5 Å². The molecule has 4 heteroatoms. The molecule has 3 nitrogen and oxygen atoms in total. The molecule has 0 aliphatic rings. The molecule has 1 unspecified atom stereocenters. The molecular weight excluding hydrogens is 318 g/mol. The first-order valence-corrected chi connectivity index (χ1v) is 7.06. The highest BCUT2D eigenvalue weighted by molar-refractivity contribution is 9.10. The third-order valence-electron chi connectivity index (χ3n) is 3.30. The minimum atomic E-state index is -0.356. The van der Waals surface area contributed by atoms with E-state index in [0.29, 0.717) is 0 Å². The maximum atomic E-state index is 6.32. The van der Waals surface area contributed by atoms with Gasteiger partial charge in [-0.15, -0.1) is 0 Å². The highest BCUT2D eigenvalue weighted by Gasteiger charge is 2.18. The van der Waals surface area contributed by atoms with E-state index in [9.17, 15) is 0 Å². The number of nitrogens with two attached hydrogens (primary N) is 1. The van der Waals surface area contributed by atoms with Crippen LogP contribution in [0.3, 0.4) is 0 Å². The summed E-state index contributed by atoms with van der Waals surface area (Å²) in [6, 6.07) is 15.2. The molecule has 0 saturated heterocycles. The second-order valence-corrected chi connectivity index (χ2v) is 5.38. The molecule has 0 radical (unpaired) electrons. The second kappa shape index (κ2) is 5.31. The largest absolute Gasteiger partial charge is 0.496 e. The summed E-state index contributed by atoms with van der Waals surface area (Å²) in [6.45, 7) is 0. The van der Waals surface area contributed by atoms with Gasteiger partial charge in [-0.2, -0.15) is 0 Å². The average Bonchev–Trinajstić information content (AvgIpc) is 2.92. The molecule has 0 amide bonds. The Morgan fingerprint density at radius 3 is 2.70 bits per heavy atom. The van der Waals surface area contributed by atoms with Crippen molar-refractivity contribution in [2.75, 3.05) is 7.11 Å². The standard InChI is InChI=1S/C16H14BrNO2/c1-19-13-8-3-2-6-11(13)15(18)14-9-10-5-4-7-12(17)16(10)20-14/h2-9,15H,18H2,1H3. The average molecular weight is 332 g/mol. The van der Waals surface area contributed by atoms with Gasteiger partial charge in [0.1, 0.15) is 17.1 Å². The van der Waals surface area contributed by atoms with E-state index in [2.05, 4.69) is 15.9 Å². The molecule has 1 aromatic heterocycles. The number of benzene rings is 2. The Labute approximate surface area is 125 Å². The van der Waals surface area contributed by atoms with Gasteiger partial charge in [-0.05, 0) is 34.1 Å². The van der Waals surface area contributed by atoms with Crippen molar-refractivity contribution < 1.29 is 9.15 Å². The van der Waals surface area contributed by atoms with Gasteiger partial charge in [0.25, 0.3) is 0 Å². The molecule has 0 bridgehead atoms. The predicted octanol–water partition coefficient (Wildman–Crippen LogP) is 4.25. The van der Waals surface area contributed by atoms with Crippen molar-refractivity contribution in [1.29, 1.82) is 0 Å². The maximum Gasteiger partial charge on any atom is 0.148 e. The molecule has 2 N–H and O–H groups in total. The molecule has 1 heterocycles. The van der Waals surface area contributed by atoms with Crippen LogP contribution in [0.1, 0.15) is 17.4 Å². The van der Waals surface area contributed by atoms with Crippen molar-refractivity contribution in [3.05, 3.63) is 64.3 Å². The second-order valence-electron chi connectivity index (χ2n) is 4.53. The number of para-hydroxylation sites is 2. The summed E-state index contributed by atoms with van der Waals surface area (Å²) in [5.41, 5.74) is 8.04. The first kappa shape index (κ1) is 13.2. The van der Waals surface area contributed by atoms with Crippen molar-refractivity contribution in [3.63, 3.8) is 0 Å². The lowest BCUT2D eigenvalue weighted by Gasteiger charge is -2.13. The van der Waals surface area contributed by atoms with Crippen LogP contribution in [0.4, 0.5) is 0 Å². The number of fused-ring (bicyclic) bond motifs is 1. The quantitative estimate of drug-likeness (QED) is 0.780. The molecule has 0 saturated carbocycles. The number of hydrogen-bond acceptors (Lipinski definition) is 3. The third-order valence-corrected chi connectivity index (χ3v) is 3.92. The molecule has 3 aromatic rings. The lowest BCUT2D eigenvalue weighted by atomic mass is 10.0. The molecule has 0 aliphatic heterocycles. The summed E-state index contributed by atoms with van der Waals surface area (Å²) in [5.74, 6) is 1.48. The van der Waals surface area contributed by atoms with E-state index in [1.54, 1.807) is 7.11 Å². The fraction of sp³-hybridized carbons (Fsp3) is 0.125. The van der Waals surface area contributed by atoms with Crippen LogP contribution in [0.2, 0.25) is 0 Å². The van der Waals surface area contributed by atoms with Gasteiger partial charge in [0, 0.05) is 10.9 Å². The zero-order chi connectivity index (χ0) is 14.1. The summed E-state index contributed by atoms with van der Waals surface area (Å²) >= 11 is 3.48. The van der Waals surface area contributed by atoms with Crippen LogP contribution in [0.5, 0.6) is 5.75 Å². The van der Waals surface area contributed by atoms with Crippen LogP contribution in [-0.4, -0.2) is 7.11 Å². The van der Waals surface area contributed by atoms with Crippen molar-refractivity contribution in [3.8, 4) is 5.75 Å². The molecule has 3 rings (SSSR count). The highest BCUT2D eigenvalue weighted by Crippen LogP contribution is 2.33. The van der Waals surface area contributed by atoms with E-state index in [4.69, 9.17) is 14.9 Å². The Kier molecular flexibility index (Phi) is 3.51. The molecule has 1 atom stereocenters. The first-order valence-electron chi connectivity index (χ1n) is 6.27. The summed E-state index contributed by atoms with van der Waals surface area (Å²) in [6.07, 6.45) is 0. The third kappa shape index (κ3) is 2.21. The monoisotopic (exact) mass is 331 g/mol. The van der Waals surface area contributed by atoms with Gasteiger partial charge < -0.3 is 14.9 Å². The van der Waals surface area contributed by atoms with E-state index in [-0.39, 0.29) is 6.04 Å². The Morgan fingerprint density at radius 2 is 1.95 bits per heavy atom. The number of hydrogen-bond donors (Lipinski definition) is 1. The van der Waals surface area contributed by atoms with Gasteiger partial charge in [-0.25, -0.2) is 0 Å². The molecule has 102 valence electrons. The normalized spacial score (nSPS) is 12.6. The van der Waals surface area contributed by atoms with Gasteiger partial charge in [0.15, 0.2) is 0 Å². The topological polar surface area (TPSA) is 48.4 Å². The Bertz CT molecular complexity index is 751. The van der Waals surface area contributed by atoms with Crippen LogP contribution in [0, 0.1) is 0 Å². The van der Waals surface area contributed by atoms with Crippen molar-refractivity contribution in [1.82, 2.24) is 0 Å². The number of rotatable bonds is 3. The summed E-state index contributed by atoms with van der Waals surface area (Å²) < 4.78 is 12.2. The summed E-state index contributed by atoms with van der Waals surface area (Å²) in [5, 5.41) is 1.03. The van der Waals surface area contributed by atoms with Crippen LogP contribution in [0.25, 0.3) is 11.0 Å². The van der Waals surface area contributed by atoms with Crippen LogP contribution >= 0.6 is 15.9 Å². The summed E-state index contributed by atoms with van der Waals surface area (Å²) in [4.78, 5) is 0. The van der Waals surface area contributed by atoms with Crippen molar-refractivity contribution >= 4 is 26.9 Å². The Hall–Kier alpha value is -1.78. The number of methoxy groups -OCH3 is 1. The van der Waals surface area contributed by atoms with Crippen LogP contribution in [0.15, 0.2) is 57.4 Å². The minimum Gasteiger partial charge on any atom is -0.496 e. The predicted molar refractivity (Wildman–Crippen MR) is 82.9 cm³/mol. The fourth-order valence-electron chi connectivity index (χ4n) is 2.28. The van der Waals surface area contributed by atoms with Crippen LogP contribution in [-0.2, 0) is 0 Å². The Balaban J connectivity index is 2.08. The minimum absolute atomic E-state index is 0.356. The van der Waals surface area contributed by atoms with Gasteiger partial charge in [0.05, 0.1) is 17.6 Å². The number of furan rings is 1. The molecule has 20 heavy (non-hydrogen) atoms. The van der Waals surface area contributed by atoms with E-state index in [1.807, 2.05) is 48.5 Å². The molecule has 0 aliphatic carbocycles. The van der Waals surface area contributed by atoms with E-state index < -0.39 is 0 Å². The zero-order valence-electron chi connectivity index (χ0n) is 11.0. The SMILES string of the molecule is COc1ccccc1C(N)c1cc2cccc(Br)c2o1. The molecule has 0 spiro atoms. The number of ether oxygens (including phenoxy) is 1. The molecule has 2 aromatic carbocycles. The summed E-state index contributed by atoms with van der Waals surface area (Å²) in [7, 11) is 1.64. The smallest absolute Gasteiger partial charge is 0.148 e. The molecule has 0 fully saturated rings. The van der Waals surface area contributed by atoms with Gasteiger partial charge in [-0.3, -0.25) is 0 Å². The highest BCUT2D eigenvalue weighted by atomic mass is 79.9. The fourth-order valence-corrected chi connectivity index (χ4v) is 2.74. The van der Waals surface area contributed by atoms with E-state index in [1.165, 1.54) is 0 Å². The maximum absolute atomic E-state index is 6.32. The first-order chi connectivity index (χ1) is 9.70.